The van der Waals surface area contributed by atoms with Crippen LogP contribution in [0, 0.1) is 0 Å². The molecule has 1 saturated heterocycles. The molecular weight excluding hydrogens is 214 g/mol. The zero-order valence-electron chi connectivity index (χ0n) is 9.71. The number of amides is 1. The molecule has 1 aliphatic heterocycles. The van der Waals surface area contributed by atoms with E-state index in [1.54, 1.807) is 6.92 Å². The highest BCUT2D eigenvalue weighted by atomic mass is 16.5. The van der Waals surface area contributed by atoms with Crippen LogP contribution in [0.1, 0.15) is 13.8 Å². The van der Waals surface area contributed by atoms with Crippen LogP contribution in [0.2, 0.25) is 0 Å². The van der Waals surface area contributed by atoms with Gasteiger partial charge in [-0.3, -0.25) is 4.79 Å². The maximum Gasteiger partial charge on any atom is 0.217 e. The van der Waals surface area contributed by atoms with Gasteiger partial charge in [-0.2, -0.15) is 0 Å². The highest BCUT2D eigenvalue weighted by molar-refractivity contribution is 5.73. The summed E-state index contributed by atoms with van der Waals surface area (Å²) in [6.45, 7) is 2.88. The molecule has 1 amide bonds. The van der Waals surface area contributed by atoms with E-state index in [4.69, 9.17) is 14.6 Å². The van der Waals surface area contributed by atoms with Gasteiger partial charge in [0.1, 0.15) is 18.3 Å². The molecule has 1 fully saturated rings. The van der Waals surface area contributed by atoms with Crippen LogP contribution in [0.4, 0.5) is 0 Å². The van der Waals surface area contributed by atoms with E-state index in [1.807, 2.05) is 0 Å². The Balaban J connectivity index is 2.78. The molecule has 94 valence electrons. The molecule has 0 aromatic heterocycles. The molecule has 1 rings (SSSR count). The zero-order chi connectivity index (χ0) is 12.3. The third kappa shape index (κ3) is 2.70. The van der Waals surface area contributed by atoms with Crippen LogP contribution < -0.4 is 5.32 Å². The summed E-state index contributed by atoms with van der Waals surface area (Å²) in [5.41, 5.74) is 0. The van der Waals surface area contributed by atoms with Gasteiger partial charge in [-0.05, 0) is 6.92 Å². The lowest BCUT2D eigenvalue weighted by Gasteiger charge is -2.42. The molecule has 1 heterocycles. The van der Waals surface area contributed by atoms with E-state index >= 15 is 0 Å². The van der Waals surface area contributed by atoms with Crippen LogP contribution in [-0.2, 0) is 14.3 Å². The summed E-state index contributed by atoms with van der Waals surface area (Å²) in [6.07, 6.45) is -2.53. The summed E-state index contributed by atoms with van der Waals surface area (Å²) in [4.78, 5) is 11.0. The van der Waals surface area contributed by atoms with Crippen molar-refractivity contribution in [2.75, 3.05) is 13.7 Å². The number of rotatable bonds is 3. The smallest absolute Gasteiger partial charge is 0.217 e. The molecule has 6 heteroatoms. The van der Waals surface area contributed by atoms with Crippen LogP contribution in [-0.4, -0.2) is 60.3 Å². The number of nitrogens with one attached hydrogen (secondary N) is 1. The minimum Gasteiger partial charge on any atom is -0.394 e. The van der Waals surface area contributed by atoms with Crippen molar-refractivity contribution in [3.05, 3.63) is 0 Å². The number of carbonyl (C=O) groups is 1. The predicted octanol–water partition coefficient (Wildman–Crippen LogP) is -1.35. The molecule has 0 saturated carbocycles. The van der Waals surface area contributed by atoms with E-state index in [0.717, 1.165) is 0 Å². The maximum atomic E-state index is 11.0. The van der Waals surface area contributed by atoms with Crippen LogP contribution in [0.15, 0.2) is 0 Å². The topological polar surface area (TPSA) is 88.0 Å². The van der Waals surface area contributed by atoms with Gasteiger partial charge in [-0.25, -0.2) is 0 Å². The third-order valence-electron chi connectivity index (χ3n) is 2.79. The second-order valence-corrected chi connectivity index (χ2v) is 3.98. The van der Waals surface area contributed by atoms with Gasteiger partial charge < -0.3 is 25.0 Å². The fourth-order valence-electron chi connectivity index (χ4n) is 2.00. The number of ether oxygens (including phenoxy) is 2. The van der Waals surface area contributed by atoms with E-state index in [0.29, 0.717) is 0 Å². The molecule has 0 aliphatic carbocycles. The van der Waals surface area contributed by atoms with Gasteiger partial charge in [0.05, 0.1) is 18.8 Å². The molecular formula is C10H19NO5. The minimum absolute atomic E-state index is 0.211. The first-order chi connectivity index (χ1) is 7.51. The monoisotopic (exact) mass is 233 g/mol. The number of hydrogen-bond acceptors (Lipinski definition) is 5. The fourth-order valence-corrected chi connectivity index (χ4v) is 2.00. The Kier molecular flexibility index (Phi) is 4.67. The standard InChI is InChI=1S/C10H19NO5/c1-5-8(11-6(2)13)10(15-3)9(14)7(4-12)16-5/h5,7-10,12,14H,4H2,1-3H3,(H,11,13)/t5-,7?,8?,9-,10-/m1/s1. The molecule has 0 aromatic rings. The Bertz CT molecular complexity index is 247. The van der Waals surface area contributed by atoms with Crippen LogP contribution in [0.5, 0.6) is 0 Å². The Morgan fingerprint density at radius 2 is 2.19 bits per heavy atom. The highest BCUT2D eigenvalue weighted by Gasteiger charge is 2.43. The normalized spacial score (nSPS) is 39.4. The third-order valence-corrected chi connectivity index (χ3v) is 2.79. The van der Waals surface area contributed by atoms with E-state index in [2.05, 4.69) is 5.32 Å². The van der Waals surface area contributed by atoms with E-state index < -0.39 is 24.4 Å². The van der Waals surface area contributed by atoms with Gasteiger partial charge in [-0.15, -0.1) is 0 Å². The number of aliphatic hydroxyl groups is 2. The van der Waals surface area contributed by atoms with Crippen LogP contribution in [0.25, 0.3) is 0 Å². The largest absolute Gasteiger partial charge is 0.394 e. The van der Waals surface area contributed by atoms with Crippen LogP contribution in [0.3, 0.4) is 0 Å². The van der Waals surface area contributed by atoms with Gasteiger partial charge in [0, 0.05) is 14.0 Å². The Morgan fingerprint density at radius 1 is 1.56 bits per heavy atom. The lowest BCUT2D eigenvalue weighted by atomic mass is 9.93. The minimum atomic E-state index is -0.956. The van der Waals surface area contributed by atoms with E-state index in [-0.39, 0.29) is 18.6 Å². The van der Waals surface area contributed by atoms with Gasteiger partial charge in [0.25, 0.3) is 0 Å². The quantitative estimate of drug-likeness (QED) is 0.561. The van der Waals surface area contributed by atoms with Gasteiger partial charge in [0.15, 0.2) is 0 Å². The molecule has 0 radical (unpaired) electrons. The van der Waals surface area contributed by atoms with Crippen LogP contribution >= 0.6 is 0 Å². The summed E-state index contributed by atoms with van der Waals surface area (Å²) >= 11 is 0. The molecule has 5 atom stereocenters. The van der Waals surface area contributed by atoms with Crippen molar-refractivity contribution < 1.29 is 24.5 Å². The van der Waals surface area contributed by atoms with Gasteiger partial charge >= 0.3 is 0 Å². The van der Waals surface area contributed by atoms with E-state index in [1.165, 1.54) is 14.0 Å². The molecule has 0 bridgehead atoms. The zero-order valence-corrected chi connectivity index (χ0v) is 9.71. The number of aliphatic hydroxyl groups excluding tert-OH is 2. The summed E-state index contributed by atoms with van der Waals surface area (Å²) in [5.74, 6) is -0.211. The average Bonchev–Trinajstić information content (AvgIpc) is 2.23. The van der Waals surface area contributed by atoms with Crippen molar-refractivity contribution in [3.63, 3.8) is 0 Å². The maximum absolute atomic E-state index is 11.0. The van der Waals surface area contributed by atoms with Crippen molar-refractivity contribution in [2.24, 2.45) is 0 Å². The number of hydrogen-bond donors (Lipinski definition) is 3. The van der Waals surface area contributed by atoms with Crippen molar-refractivity contribution in [3.8, 4) is 0 Å². The first-order valence-electron chi connectivity index (χ1n) is 5.25. The summed E-state index contributed by atoms with van der Waals surface area (Å²) < 4.78 is 10.6. The summed E-state index contributed by atoms with van der Waals surface area (Å²) in [6, 6.07) is -0.416. The molecule has 6 nitrogen and oxygen atoms in total. The van der Waals surface area contributed by atoms with Crippen molar-refractivity contribution in [2.45, 2.75) is 44.3 Å². The Morgan fingerprint density at radius 3 is 2.62 bits per heavy atom. The lowest BCUT2D eigenvalue weighted by Crippen LogP contribution is -2.63. The second kappa shape index (κ2) is 5.58. The molecule has 16 heavy (non-hydrogen) atoms. The Labute approximate surface area is 94.5 Å². The lowest BCUT2D eigenvalue weighted by molar-refractivity contribution is -0.197. The number of carbonyl (C=O) groups excluding carboxylic acids is 1. The molecule has 0 spiro atoms. The van der Waals surface area contributed by atoms with Crippen molar-refractivity contribution in [1.29, 1.82) is 0 Å². The van der Waals surface area contributed by atoms with Gasteiger partial charge in [0.2, 0.25) is 5.91 Å². The van der Waals surface area contributed by atoms with E-state index in [9.17, 15) is 9.90 Å². The van der Waals surface area contributed by atoms with Gasteiger partial charge in [-0.1, -0.05) is 0 Å². The predicted molar refractivity (Wildman–Crippen MR) is 55.8 cm³/mol. The molecule has 0 aromatic carbocycles. The van der Waals surface area contributed by atoms with Crippen molar-refractivity contribution in [1.82, 2.24) is 5.32 Å². The first kappa shape index (κ1) is 13.4. The molecule has 1 aliphatic rings. The summed E-state index contributed by atoms with van der Waals surface area (Å²) in [7, 11) is 1.45. The fraction of sp³-hybridized carbons (Fsp3) is 0.900. The highest BCUT2D eigenvalue weighted by Crippen LogP contribution is 2.22. The van der Waals surface area contributed by atoms with Crippen molar-refractivity contribution >= 4 is 5.91 Å². The molecule has 2 unspecified atom stereocenters. The summed E-state index contributed by atoms with van der Waals surface area (Å²) in [5, 5.41) is 21.6. The number of methoxy groups -OCH3 is 1. The average molecular weight is 233 g/mol. The second-order valence-electron chi connectivity index (χ2n) is 3.98. The SMILES string of the molecule is CO[C@@H]1C(NC(C)=O)[C@@H](C)OC(CO)[C@H]1O. The molecule has 3 N–H and O–H groups in total. The first-order valence-corrected chi connectivity index (χ1v) is 5.25. The Hall–Kier alpha value is -0.690.